The first-order chi connectivity index (χ1) is 27.8. The van der Waals surface area contributed by atoms with Crippen LogP contribution >= 0.6 is 12.6 Å². The molecule has 19 heteroatoms. The van der Waals surface area contributed by atoms with Crippen LogP contribution in [0.25, 0.3) is 0 Å². The number of thiol groups is 1. The number of aliphatic carboxylic acids is 1. The third-order valence-corrected chi connectivity index (χ3v) is 10.1. The molecule has 5 rings (SSSR count). The lowest BCUT2D eigenvalue weighted by molar-refractivity contribution is -0.221. The zero-order chi connectivity index (χ0) is 41.8. The third-order valence-electron chi connectivity index (χ3n) is 9.45. The van der Waals surface area contributed by atoms with Gasteiger partial charge in [-0.1, -0.05) is 96.2 Å². The van der Waals surface area contributed by atoms with Gasteiger partial charge in [-0.25, -0.2) is 4.68 Å². The van der Waals surface area contributed by atoms with Crippen molar-refractivity contribution >= 4 is 42.2 Å². The van der Waals surface area contributed by atoms with Crippen molar-refractivity contribution in [2.45, 2.75) is 66.7 Å². The Kier molecular flexibility index (Phi) is 15.1. The standard InChI is InChI=1S/C39H46N8O10S/c40-27(18-26-21-47(46-45-26)35-34(53)33(52)30(22-48)57-39(35,58)25-14-8-3-9-15-25)36(54)44-29(17-24-12-6-2-7-13-24)38(56)41-19-31(49)43-28(37(55)42-20-32(50)51)16-23-10-4-1-5-11-23/h1-15,21,27-30,33-35,48,52-53,58H,16-20,22,40H2,(H,41,56)(H,42,55)(H,43,49)(H,44,54)(H,50,51)/t27-,28-,29-,30+,33-,34-,35+,39+/m0/s1. The molecule has 1 fully saturated rings. The molecule has 18 nitrogen and oxygen atoms in total. The van der Waals surface area contributed by atoms with Gasteiger partial charge in [0, 0.05) is 25.5 Å². The molecule has 4 amide bonds. The van der Waals surface area contributed by atoms with Crippen LogP contribution in [0.3, 0.4) is 0 Å². The van der Waals surface area contributed by atoms with Crippen molar-refractivity contribution < 1.29 is 49.1 Å². The fourth-order valence-corrected chi connectivity index (χ4v) is 7.04. The van der Waals surface area contributed by atoms with Crippen molar-refractivity contribution in [2.75, 3.05) is 19.7 Å². The van der Waals surface area contributed by atoms with Crippen molar-refractivity contribution in [2.24, 2.45) is 5.73 Å². The highest BCUT2D eigenvalue weighted by molar-refractivity contribution is 7.81. The Morgan fingerprint density at radius 3 is 1.86 bits per heavy atom. The molecule has 10 N–H and O–H groups in total. The highest BCUT2D eigenvalue weighted by Crippen LogP contribution is 2.48. The number of carbonyl (C=O) groups excluding carboxylic acids is 4. The van der Waals surface area contributed by atoms with Crippen molar-refractivity contribution in [1.82, 2.24) is 36.3 Å². The Hall–Kier alpha value is -5.70. The van der Waals surface area contributed by atoms with Gasteiger partial charge in [-0.05, 0) is 16.7 Å². The Bertz CT molecular complexity index is 2010. The molecular weight excluding hydrogens is 773 g/mol. The highest BCUT2D eigenvalue weighted by atomic mass is 32.1. The van der Waals surface area contributed by atoms with Gasteiger partial charge in [-0.15, -0.1) is 17.7 Å². The maximum Gasteiger partial charge on any atom is 0.322 e. The quantitative estimate of drug-likeness (QED) is 0.0505. The SMILES string of the molecule is N[C@@H](Cc1cn([C@@H]2[C@@H](O)[C@@H](O)[C@@H](CO)O[C@@]2(S)c2ccccc2)nn1)C(=O)N[C@@H](Cc1ccccc1)C(=O)NCC(=O)N[C@@H](Cc1ccccc1)C(=O)NCC(=O)O. The van der Waals surface area contributed by atoms with Crippen LogP contribution in [0.2, 0.25) is 0 Å². The number of amides is 4. The molecule has 8 atom stereocenters. The summed E-state index contributed by atoms with van der Waals surface area (Å²) in [5.74, 6) is -4.19. The summed E-state index contributed by atoms with van der Waals surface area (Å²) in [5, 5.41) is 59.0. The van der Waals surface area contributed by atoms with Gasteiger partial charge in [-0.3, -0.25) is 24.0 Å². The lowest BCUT2D eigenvalue weighted by Gasteiger charge is -2.48. The van der Waals surface area contributed by atoms with E-state index in [-0.39, 0.29) is 25.0 Å². The first-order valence-corrected chi connectivity index (χ1v) is 18.8. The molecule has 0 unspecified atom stereocenters. The summed E-state index contributed by atoms with van der Waals surface area (Å²) in [7, 11) is 0. The average Bonchev–Trinajstić information content (AvgIpc) is 3.68. The fourth-order valence-electron chi connectivity index (χ4n) is 6.48. The molecule has 3 aromatic carbocycles. The van der Waals surface area contributed by atoms with E-state index >= 15 is 0 Å². The van der Waals surface area contributed by atoms with Gasteiger partial charge < -0.3 is 52.2 Å². The number of carboxylic acids is 1. The molecule has 1 aromatic heterocycles. The molecule has 1 aliphatic heterocycles. The topological polar surface area (TPSA) is 280 Å². The number of benzene rings is 3. The number of aliphatic hydroxyl groups excluding tert-OH is 3. The number of aliphatic hydroxyl groups is 3. The van der Waals surface area contributed by atoms with Crippen LogP contribution in [0.4, 0.5) is 0 Å². The lowest BCUT2D eigenvalue weighted by Crippen LogP contribution is -2.59. The highest BCUT2D eigenvalue weighted by Gasteiger charge is 2.54. The minimum absolute atomic E-state index is 0.0252. The fraction of sp³-hybridized carbons (Fsp3) is 0.359. The zero-order valence-electron chi connectivity index (χ0n) is 31.1. The monoisotopic (exact) mass is 818 g/mol. The van der Waals surface area contributed by atoms with Gasteiger partial charge >= 0.3 is 5.97 Å². The van der Waals surface area contributed by atoms with Crippen molar-refractivity contribution in [1.29, 1.82) is 0 Å². The van der Waals surface area contributed by atoms with Crippen LogP contribution in [0.5, 0.6) is 0 Å². The number of nitrogens with two attached hydrogens (primary N) is 1. The predicted molar refractivity (Wildman–Crippen MR) is 210 cm³/mol. The smallest absolute Gasteiger partial charge is 0.322 e. The summed E-state index contributed by atoms with van der Waals surface area (Å²) in [6.45, 7) is -1.82. The van der Waals surface area contributed by atoms with Crippen LogP contribution in [-0.4, -0.2) is 121 Å². The number of aromatic nitrogens is 3. The molecule has 308 valence electrons. The number of nitrogens with zero attached hydrogens (tertiary/aromatic N) is 3. The molecular formula is C39H46N8O10S. The molecule has 0 spiro atoms. The van der Waals surface area contributed by atoms with Gasteiger partial charge in [0.2, 0.25) is 23.6 Å². The maximum atomic E-state index is 13.5. The van der Waals surface area contributed by atoms with Crippen LogP contribution in [-0.2, 0) is 52.9 Å². The summed E-state index contributed by atoms with van der Waals surface area (Å²) in [6, 6.07) is 21.4. The zero-order valence-corrected chi connectivity index (χ0v) is 32.0. The molecule has 2 heterocycles. The average molecular weight is 819 g/mol. The van der Waals surface area contributed by atoms with Crippen molar-refractivity contribution in [3.63, 3.8) is 0 Å². The largest absolute Gasteiger partial charge is 0.480 e. The van der Waals surface area contributed by atoms with E-state index < -0.39 is 96.7 Å². The van der Waals surface area contributed by atoms with E-state index in [2.05, 4.69) is 31.6 Å². The number of ether oxygens (including phenoxy) is 1. The van der Waals surface area contributed by atoms with Gasteiger partial charge in [-0.2, -0.15) is 0 Å². The molecule has 1 aliphatic rings. The molecule has 0 bridgehead atoms. The van der Waals surface area contributed by atoms with E-state index in [0.29, 0.717) is 16.7 Å². The number of carboxylic acid groups (broad SMARTS) is 1. The molecule has 4 aromatic rings. The number of rotatable bonds is 18. The molecule has 0 radical (unpaired) electrons. The summed E-state index contributed by atoms with van der Waals surface area (Å²) in [5.41, 5.74) is 8.42. The van der Waals surface area contributed by atoms with E-state index in [1.165, 1.54) is 10.9 Å². The lowest BCUT2D eigenvalue weighted by atomic mass is 9.88. The van der Waals surface area contributed by atoms with E-state index in [1.54, 1.807) is 91.0 Å². The first kappa shape index (κ1) is 43.4. The normalized spacial score (nSPS) is 21.8. The molecule has 58 heavy (non-hydrogen) atoms. The van der Waals surface area contributed by atoms with E-state index in [0.717, 1.165) is 0 Å². The van der Waals surface area contributed by atoms with Gasteiger partial charge in [0.1, 0.15) is 43.0 Å². The van der Waals surface area contributed by atoms with Gasteiger partial charge in [0.15, 0.2) is 4.93 Å². The second-order valence-electron chi connectivity index (χ2n) is 13.7. The number of hydrogen-bond donors (Lipinski definition) is 10. The maximum absolute atomic E-state index is 13.5. The first-order valence-electron chi connectivity index (χ1n) is 18.3. The second kappa shape index (κ2) is 20.1. The van der Waals surface area contributed by atoms with Crippen LogP contribution in [0.15, 0.2) is 97.2 Å². The number of nitrogens with one attached hydrogen (secondary N) is 4. The van der Waals surface area contributed by atoms with Crippen molar-refractivity contribution in [3.05, 3.63) is 120 Å². The molecule has 1 saturated heterocycles. The van der Waals surface area contributed by atoms with E-state index in [4.69, 9.17) is 28.2 Å². The Morgan fingerprint density at radius 2 is 1.31 bits per heavy atom. The van der Waals surface area contributed by atoms with E-state index in [9.17, 15) is 39.3 Å². The molecule has 0 aliphatic carbocycles. The Labute approximate surface area is 338 Å². The summed E-state index contributed by atoms with van der Waals surface area (Å²) in [4.78, 5) is 62.3. The predicted octanol–water partition coefficient (Wildman–Crippen LogP) is -1.64. The number of carbonyl (C=O) groups is 5. The van der Waals surface area contributed by atoms with Crippen LogP contribution in [0, 0.1) is 0 Å². The van der Waals surface area contributed by atoms with Gasteiger partial charge in [0.05, 0.1) is 24.9 Å². The minimum Gasteiger partial charge on any atom is -0.480 e. The van der Waals surface area contributed by atoms with Gasteiger partial charge in [0.25, 0.3) is 0 Å². The summed E-state index contributed by atoms with van der Waals surface area (Å²) >= 11 is 4.78. The number of hydrogen-bond acceptors (Lipinski definition) is 13. The Morgan fingerprint density at radius 1 is 0.776 bits per heavy atom. The van der Waals surface area contributed by atoms with Crippen LogP contribution < -0.4 is 27.0 Å². The second-order valence-corrected chi connectivity index (χ2v) is 14.4. The Balaban J connectivity index is 1.25. The third kappa shape index (κ3) is 11.2. The van der Waals surface area contributed by atoms with Crippen LogP contribution in [0.1, 0.15) is 28.4 Å². The summed E-state index contributed by atoms with van der Waals surface area (Å²) in [6.07, 6.45) is -2.85. The minimum atomic E-state index is -1.58. The van der Waals surface area contributed by atoms with Crippen molar-refractivity contribution in [3.8, 4) is 0 Å². The summed E-state index contributed by atoms with van der Waals surface area (Å²) < 4.78 is 7.28. The molecule has 0 saturated carbocycles. The van der Waals surface area contributed by atoms with E-state index in [1.807, 2.05) is 0 Å².